The first-order valence-electron chi connectivity index (χ1n) is 10.2. The number of hydrogen-bond acceptors (Lipinski definition) is 4. The maximum absolute atomic E-state index is 12.8. The van der Waals surface area contributed by atoms with Crippen LogP contribution in [0, 0.1) is 0 Å². The molecule has 0 aliphatic carbocycles. The van der Waals surface area contributed by atoms with Crippen molar-refractivity contribution in [2.75, 3.05) is 11.9 Å². The molecule has 0 aliphatic rings. The molecule has 0 saturated carbocycles. The molecule has 7 nitrogen and oxygen atoms in total. The summed E-state index contributed by atoms with van der Waals surface area (Å²) in [7, 11) is 0. The third kappa shape index (κ3) is 7.60. The summed E-state index contributed by atoms with van der Waals surface area (Å²) in [5.74, 6) is -0.842. The van der Waals surface area contributed by atoms with Crippen LogP contribution in [0.3, 0.4) is 0 Å². The third-order valence-electron chi connectivity index (χ3n) is 4.58. The lowest BCUT2D eigenvalue weighted by Gasteiger charge is -2.19. The minimum Gasteiger partial charge on any atom is -0.445 e. The summed E-state index contributed by atoms with van der Waals surface area (Å²) < 4.78 is 5.10. The van der Waals surface area contributed by atoms with Crippen LogP contribution < -0.4 is 16.0 Å². The Bertz CT molecular complexity index is 1010. The first kappa shape index (κ1) is 22.6. The van der Waals surface area contributed by atoms with Crippen molar-refractivity contribution < 1.29 is 19.1 Å². The summed E-state index contributed by atoms with van der Waals surface area (Å²) in [6.07, 6.45) is -0.402. The fraction of sp³-hybridized carbons (Fsp3) is 0.160. The Morgan fingerprint density at radius 3 is 1.94 bits per heavy atom. The van der Waals surface area contributed by atoms with Gasteiger partial charge in [0.15, 0.2) is 0 Å². The maximum Gasteiger partial charge on any atom is 0.407 e. The fourth-order valence-electron chi connectivity index (χ4n) is 2.98. The predicted molar refractivity (Wildman–Crippen MR) is 122 cm³/mol. The molecule has 0 spiro atoms. The molecule has 0 saturated heterocycles. The number of hydrogen-bond donors (Lipinski definition) is 3. The molecule has 1 atom stereocenters. The van der Waals surface area contributed by atoms with Crippen LogP contribution in [0.4, 0.5) is 10.5 Å². The van der Waals surface area contributed by atoms with Crippen molar-refractivity contribution >= 4 is 23.6 Å². The Labute approximate surface area is 186 Å². The van der Waals surface area contributed by atoms with E-state index in [4.69, 9.17) is 4.74 Å². The van der Waals surface area contributed by atoms with Crippen LogP contribution in [0.15, 0.2) is 91.0 Å². The second-order valence-electron chi connectivity index (χ2n) is 7.08. The third-order valence-corrected chi connectivity index (χ3v) is 4.58. The van der Waals surface area contributed by atoms with Gasteiger partial charge in [-0.25, -0.2) is 4.79 Å². The van der Waals surface area contributed by atoms with Crippen LogP contribution in [0.2, 0.25) is 0 Å². The first-order chi connectivity index (χ1) is 15.6. The molecule has 3 rings (SSSR count). The van der Waals surface area contributed by atoms with E-state index in [2.05, 4.69) is 16.0 Å². The van der Waals surface area contributed by atoms with Gasteiger partial charge in [0.05, 0.1) is 0 Å². The van der Waals surface area contributed by atoms with Gasteiger partial charge in [0.25, 0.3) is 0 Å². The molecule has 0 radical (unpaired) electrons. The van der Waals surface area contributed by atoms with Gasteiger partial charge in [0, 0.05) is 12.1 Å². The zero-order valence-corrected chi connectivity index (χ0v) is 17.5. The lowest BCUT2D eigenvalue weighted by atomic mass is 10.0. The normalized spacial score (nSPS) is 11.1. The summed E-state index contributed by atoms with van der Waals surface area (Å²) in [5, 5.41) is 7.90. The van der Waals surface area contributed by atoms with Crippen molar-refractivity contribution in [3.63, 3.8) is 0 Å². The average molecular weight is 431 g/mol. The van der Waals surface area contributed by atoms with Crippen LogP contribution in [0.1, 0.15) is 11.1 Å². The quantitative estimate of drug-likeness (QED) is 0.484. The van der Waals surface area contributed by atoms with Crippen molar-refractivity contribution in [3.05, 3.63) is 102 Å². The minimum absolute atomic E-state index is 0.102. The standard InChI is InChI=1S/C25H25N3O4/c29-23(17-26-25(31)32-18-20-12-6-2-7-13-20)28-22(16-19-10-4-1-5-11-19)24(30)27-21-14-8-3-9-15-21/h1-15,22H,16-18H2,(H,26,31)(H,27,30)(H,28,29)/t22-/m0/s1. The molecule has 0 bridgehead atoms. The highest BCUT2D eigenvalue weighted by Gasteiger charge is 2.22. The zero-order valence-electron chi connectivity index (χ0n) is 17.5. The summed E-state index contributed by atoms with van der Waals surface area (Å²) in [6, 6.07) is 26.8. The number of alkyl carbamates (subject to hydrolysis) is 1. The molecular weight excluding hydrogens is 406 g/mol. The van der Waals surface area contributed by atoms with Gasteiger partial charge in [-0.1, -0.05) is 78.9 Å². The maximum atomic E-state index is 12.8. The zero-order chi connectivity index (χ0) is 22.6. The van der Waals surface area contributed by atoms with Gasteiger partial charge >= 0.3 is 6.09 Å². The highest BCUT2D eigenvalue weighted by molar-refractivity contribution is 5.97. The number of carbonyl (C=O) groups excluding carboxylic acids is 3. The lowest BCUT2D eigenvalue weighted by molar-refractivity contribution is -0.125. The Morgan fingerprint density at radius 1 is 0.750 bits per heavy atom. The molecule has 3 N–H and O–H groups in total. The van der Waals surface area contributed by atoms with E-state index in [1.807, 2.05) is 78.9 Å². The van der Waals surface area contributed by atoms with E-state index in [0.29, 0.717) is 12.1 Å². The number of rotatable bonds is 9. The first-order valence-corrected chi connectivity index (χ1v) is 10.2. The lowest BCUT2D eigenvalue weighted by Crippen LogP contribution is -2.48. The second-order valence-corrected chi connectivity index (χ2v) is 7.08. The van der Waals surface area contributed by atoms with Crippen LogP contribution in [0.25, 0.3) is 0 Å². The Kier molecular flexibility index (Phi) is 8.39. The van der Waals surface area contributed by atoms with E-state index in [9.17, 15) is 14.4 Å². The molecule has 7 heteroatoms. The molecule has 3 aromatic rings. The summed E-state index contributed by atoms with van der Waals surface area (Å²) in [6.45, 7) is -0.206. The molecule has 3 aromatic carbocycles. The Hall–Kier alpha value is -4.13. The number of nitrogens with one attached hydrogen (secondary N) is 3. The molecule has 0 aromatic heterocycles. The topological polar surface area (TPSA) is 96.5 Å². The van der Waals surface area contributed by atoms with Crippen molar-refractivity contribution in [3.8, 4) is 0 Å². The van der Waals surface area contributed by atoms with Crippen LogP contribution in [-0.4, -0.2) is 30.5 Å². The van der Waals surface area contributed by atoms with Gasteiger partial charge in [0.1, 0.15) is 19.2 Å². The molecule has 164 valence electrons. The van der Waals surface area contributed by atoms with Crippen LogP contribution in [-0.2, 0) is 27.4 Å². The summed E-state index contributed by atoms with van der Waals surface area (Å²) >= 11 is 0. The van der Waals surface area contributed by atoms with E-state index >= 15 is 0 Å². The SMILES string of the molecule is O=C(CNC(=O)OCc1ccccc1)N[C@@H](Cc1ccccc1)C(=O)Nc1ccccc1. The summed E-state index contributed by atoms with van der Waals surface area (Å²) in [5.41, 5.74) is 2.37. The molecule has 0 fully saturated rings. The van der Waals surface area contributed by atoms with Crippen LogP contribution >= 0.6 is 0 Å². The minimum atomic E-state index is -0.813. The van der Waals surface area contributed by atoms with Gasteiger partial charge < -0.3 is 20.7 Å². The largest absolute Gasteiger partial charge is 0.445 e. The van der Waals surface area contributed by atoms with E-state index in [-0.39, 0.29) is 19.1 Å². The second kappa shape index (κ2) is 11.9. The Balaban J connectivity index is 1.53. The average Bonchev–Trinajstić information content (AvgIpc) is 2.83. The predicted octanol–water partition coefficient (Wildman–Crippen LogP) is 3.28. The highest BCUT2D eigenvalue weighted by Crippen LogP contribution is 2.09. The van der Waals surface area contributed by atoms with Crippen LogP contribution in [0.5, 0.6) is 0 Å². The number of anilines is 1. The number of ether oxygens (including phenoxy) is 1. The molecule has 0 unspecified atom stereocenters. The van der Waals surface area contributed by atoms with Crippen molar-refractivity contribution in [2.24, 2.45) is 0 Å². The fourth-order valence-corrected chi connectivity index (χ4v) is 2.98. The molecule has 0 aliphatic heterocycles. The van der Waals surface area contributed by atoms with Gasteiger partial charge in [-0.2, -0.15) is 0 Å². The smallest absolute Gasteiger partial charge is 0.407 e. The van der Waals surface area contributed by atoms with E-state index in [1.54, 1.807) is 12.1 Å². The van der Waals surface area contributed by atoms with Crippen molar-refractivity contribution in [1.82, 2.24) is 10.6 Å². The highest BCUT2D eigenvalue weighted by atomic mass is 16.5. The monoisotopic (exact) mass is 431 g/mol. The molecular formula is C25H25N3O4. The number of para-hydroxylation sites is 1. The number of carbonyl (C=O) groups is 3. The van der Waals surface area contributed by atoms with E-state index in [0.717, 1.165) is 11.1 Å². The van der Waals surface area contributed by atoms with Crippen molar-refractivity contribution in [1.29, 1.82) is 0 Å². The van der Waals surface area contributed by atoms with E-state index < -0.39 is 18.0 Å². The van der Waals surface area contributed by atoms with Gasteiger partial charge in [-0.05, 0) is 23.3 Å². The molecule has 32 heavy (non-hydrogen) atoms. The molecule has 3 amide bonds. The number of benzene rings is 3. The van der Waals surface area contributed by atoms with Gasteiger partial charge in [-0.15, -0.1) is 0 Å². The van der Waals surface area contributed by atoms with E-state index in [1.165, 1.54) is 0 Å². The summed E-state index contributed by atoms with van der Waals surface area (Å²) in [4.78, 5) is 37.1. The van der Waals surface area contributed by atoms with Gasteiger partial charge in [-0.3, -0.25) is 9.59 Å². The Morgan fingerprint density at radius 2 is 1.31 bits per heavy atom. The molecule has 0 heterocycles. The van der Waals surface area contributed by atoms with Crippen molar-refractivity contribution in [2.45, 2.75) is 19.1 Å². The van der Waals surface area contributed by atoms with Gasteiger partial charge in [0.2, 0.25) is 11.8 Å². The number of amides is 3.